The first-order chi connectivity index (χ1) is 35.6. The van der Waals surface area contributed by atoms with Gasteiger partial charge in [0.1, 0.15) is 30.2 Å². The summed E-state index contributed by atoms with van der Waals surface area (Å²) in [5, 5.41) is 33.0. The Morgan fingerprint density at radius 3 is 1.74 bits per heavy atom. The molecule has 0 spiro atoms. The highest BCUT2D eigenvalue weighted by molar-refractivity contribution is 6.02. The summed E-state index contributed by atoms with van der Waals surface area (Å²) in [5.74, 6) is -9.33. The van der Waals surface area contributed by atoms with Crippen LogP contribution in [0.3, 0.4) is 0 Å². The molecular weight excluding hydrogens is 985 g/mol. The average Bonchev–Trinajstić information content (AvgIpc) is 3.97. The Labute approximate surface area is 443 Å². The summed E-state index contributed by atoms with van der Waals surface area (Å²) in [7, 11) is 0. The highest BCUT2D eigenvalue weighted by atomic mass is 16.7. The third-order valence-electron chi connectivity index (χ3n) is 13.8. The summed E-state index contributed by atoms with van der Waals surface area (Å²) in [6.07, 6.45) is -1.93. The van der Waals surface area contributed by atoms with Crippen LogP contribution in [-0.4, -0.2) is 135 Å². The van der Waals surface area contributed by atoms with Crippen molar-refractivity contribution in [1.29, 1.82) is 0 Å². The SMILES string of the molecule is CCC(C)(CC(C)(CC(C)(C)C(=O)NCC(C)O)C(=O)ON1C(=O)CCC1=O)C(=O)N[C@@H](CC(C)C)C(=O)N1CCC[C@H]1C(=O)N[C@@H](Cc1ccccc1)C(=O)N[C@@H](Cc1ccccc1)C(=O)N[C@@H](CC(=O)O)C(N)=O. The van der Waals surface area contributed by atoms with E-state index in [4.69, 9.17) is 10.6 Å². The number of hydroxylamine groups is 2. The first-order valence-corrected chi connectivity index (χ1v) is 25.8. The molecule has 0 saturated carbocycles. The van der Waals surface area contributed by atoms with Crippen LogP contribution in [0.25, 0.3) is 0 Å². The van der Waals surface area contributed by atoms with E-state index in [0.29, 0.717) is 22.6 Å². The zero-order valence-electron chi connectivity index (χ0n) is 44.8. The number of carbonyl (C=O) groups excluding carboxylic acids is 10. The maximum atomic E-state index is 14.8. The molecule has 3 unspecified atom stereocenters. The number of amides is 9. The second-order valence-electron chi connectivity index (χ2n) is 21.6. The standard InChI is InChI=1S/C54H76N8O14/c1-9-53(7,31-54(8,30-52(5,6)49(73)56-29-33(4)63)51(75)76-62-41(64)22-23-42(62)65)50(74)60-39(25-32(2)3)48(72)61-24-16-21-40(61)47(71)59-38(27-35-19-14-11-15-20-35)46(70)58-37(26-34-17-12-10-13-18-34)45(69)57-36(44(55)68)28-43(66)67/h10-15,17-20,32-33,36-40,63H,9,16,21-31H2,1-8H3,(H2,55,68)(H,56,73)(H,57,69)(H,58,70)(H,59,71)(H,60,74)(H,66,67)/t33?,36-,37-,38-,39-,40-,53?,54?/m0/s1. The number of carbonyl (C=O) groups is 11. The van der Waals surface area contributed by atoms with E-state index in [0.717, 1.165) is 0 Å². The van der Waals surface area contributed by atoms with Gasteiger partial charge in [0.15, 0.2) is 0 Å². The zero-order valence-corrected chi connectivity index (χ0v) is 44.8. The van der Waals surface area contributed by atoms with Crippen molar-refractivity contribution in [1.82, 2.24) is 36.5 Å². The van der Waals surface area contributed by atoms with Gasteiger partial charge in [-0.1, -0.05) is 102 Å². The number of carboxylic acid groups (broad SMARTS) is 1. The summed E-state index contributed by atoms with van der Waals surface area (Å²) in [6.45, 7) is 13.1. The van der Waals surface area contributed by atoms with Crippen LogP contribution in [0.1, 0.15) is 124 Å². The van der Waals surface area contributed by atoms with Gasteiger partial charge in [-0.05, 0) is 69.4 Å². The Hall–Kier alpha value is -7.23. The largest absolute Gasteiger partial charge is 0.481 e. The van der Waals surface area contributed by atoms with Crippen molar-refractivity contribution in [3.63, 3.8) is 0 Å². The number of nitrogens with one attached hydrogen (secondary N) is 5. The van der Waals surface area contributed by atoms with Crippen molar-refractivity contribution in [2.45, 2.75) is 162 Å². The molecule has 2 aliphatic rings. The van der Waals surface area contributed by atoms with Crippen molar-refractivity contribution in [3.8, 4) is 0 Å². The number of hydrogen-bond acceptors (Lipinski definition) is 13. The van der Waals surface area contributed by atoms with Gasteiger partial charge in [0.05, 0.1) is 17.9 Å². The van der Waals surface area contributed by atoms with Crippen molar-refractivity contribution >= 4 is 65.1 Å². The number of aliphatic carboxylic acids is 1. The second kappa shape index (κ2) is 27.0. The van der Waals surface area contributed by atoms with Crippen molar-refractivity contribution in [2.24, 2.45) is 27.9 Å². The molecule has 22 heteroatoms. The van der Waals surface area contributed by atoms with Gasteiger partial charge in [-0.2, -0.15) is 0 Å². The van der Waals surface area contributed by atoms with E-state index in [1.165, 1.54) is 18.7 Å². The lowest BCUT2D eigenvalue weighted by atomic mass is 9.64. The average molecular weight is 1060 g/mol. The molecule has 2 fully saturated rings. The maximum absolute atomic E-state index is 14.8. The van der Waals surface area contributed by atoms with E-state index >= 15 is 0 Å². The number of rotatable bonds is 28. The number of primary amides is 1. The van der Waals surface area contributed by atoms with E-state index < -0.39 is 124 Å². The Kier molecular flexibility index (Phi) is 21.8. The van der Waals surface area contributed by atoms with Gasteiger partial charge < -0.3 is 52.3 Å². The first kappa shape index (κ1) is 61.3. The highest BCUT2D eigenvalue weighted by Crippen LogP contribution is 2.45. The Balaban J connectivity index is 1.62. The fourth-order valence-corrected chi connectivity index (χ4v) is 9.68. The molecule has 0 radical (unpaired) electrons. The minimum atomic E-state index is -1.72. The molecule has 2 aromatic carbocycles. The number of imide groups is 1. The topological polar surface area (TPSA) is 330 Å². The van der Waals surface area contributed by atoms with Gasteiger partial charge in [0.25, 0.3) is 11.8 Å². The van der Waals surface area contributed by atoms with Crippen molar-refractivity contribution < 1.29 is 67.8 Å². The normalized spacial score (nSPS) is 18.2. The molecule has 9 amide bonds. The lowest BCUT2D eigenvalue weighted by molar-refractivity contribution is -0.207. The van der Waals surface area contributed by atoms with Gasteiger partial charge in [-0.25, -0.2) is 4.79 Å². The minimum Gasteiger partial charge on any atom is -0.481 e. The molecule has 2 saturated heterocycles. The van der Waals surface area contributed by atoms with Crippen LogP contribution in [0.4, 0.5) is 0 Å². The van der Waals surface area contributed by atoms with Crippen LogP contribution in [0.15, 0.2) is 60.7 Å². The maximum Gasteiger partial charge on any atom is 0.339 e. The minimum absolute atomic E-state index is 0.0653. The molecule has 2 aliphatic heterocycles. The zero-order chi connectivity index (χ0) is 56.7. The third kappa shape index (κ3) is 17.2. The molecule has 0 bridgehead atoms. The van der Waals surface area contributed by atoms with Crippen LogP contribution in [0, 0.1) is 22.2 Å². The van der Waals surface area contributed by atoms with E-state index in [1.807, 2.05) is 13.8 Å². The fraction of sp³-hybridized carbons (Fsp3) is 0.574. The number of aliphatic hydroxyl groups excluding tert-OH is 1. The Bertz CT molecular complexity index is 2440. The lowest BCUT2D eigenvalue weighted by Gasteiger charge is -2.41. The number of benzene rings is 2. The summed E-state index contributed by atoms with van der Waals surface area (Å²) in [4.78, 5) is 156. The molecule has 2 aromatic rings. The summed E-state index contributed by atoms with van der Waals surface area (Å²) in [6, 6.07) is 10.6. The predicted molar refractivity (Wildman–Crippen MR) is 275 cm³/mol. The molecule has 22 nitrogen and oxygen atoms in total. The highest BCUT2D eigenvalue weighted by Gasteiger charge is 2.51. The van der Waals surface area contributed by atoms with Crippen LogP contribution < -0.4 is 32.3 Å². The molecule has 0 aromatic heterocycles. The fourth-order valence-electron chi connectivity index (χ4n) is 9.68. The number of hydrogen-bond donors (Lipinski definition) is 8. The predicted octanol–water partition coefficient (Wildman–Crippen LogP) is 1.74. The summed E-state index contributed by atoms with van der Waals surface area (Å²) in [5.41, 5.74) is 2.14. The lowest BCUT2D eigenvalue weighted by Crippen LogP contribution is -2.60. The molecule has 0 aliphatic carbocycles. The number of likely N-dealkylation sites (tertiary alicyclic amines) is 1. The van der Waals surface area contributed by atoms with Gasteiger partial charge in [-0.3, -0.25) is 47.9 Å². The van der Waals surface area contributed by atoms with Crippen LogP contribution >= 0.6 is 0 Å². The van der Waals surface area contributed by atoms with Gasteiger partial charge >= 0.3 is 11.9 Å². The molecule has 9 N–H and O–H groups in total. The van der Waals surface area contributed by atoms with Crippen LogP contribution in [-0.2, 0) is 70.4 Å². The smallest absolute Gasteiger partial charge is 0.339 e. The summed E-state index contributed by atoms with van der Waals surface area (Å²) < 4.78 is 0. The molecule has 4 rings (SSSR count). The van der Waals surface area contributed by atoms with Gasteiger partial charge in [-0.15, -0.1) is 5.06 Å². The van der Waals surface area contributed by atoms with E-state index in [9.17, 15) is 63.0 Å². The second-order valence-corrected chi connectivity index (χ2v) is 21.6. The number of carboxylic acids is 1. The first-order valence-electron chi connectivity index (χ1n) is 25.8. The number of nitrogens with zero attached hydrogens (tertiary/aromatic N) is 2. The Morgan fingerprint density at radius 2 is 1.25 bits per heavy atom. The quantitative estimate of drug-likeness (QED) is 0.0563. The van der Waals surface area contributed by atoms with Crippen LogP contribution in [0.5, 0.6) is 0 Å². The van der Waals surface area contributed by atoms with Crippen LogP contribution in [0.2, 0.25) is 0 Å². The summed E-state index contributed by atoms with van der Waals surface area (Å²) >= 11 is 0. The third-order valence-corrected chi connectivity index (χ3v) is 13.8. The van der Waals surface area contributed by atoms with Gasteiger partial charge in [0, 0.05) is 49.6 Å². The molecule has 8 atom stereocenters. The molecule has 2 heterocycles. The number of aliphatic hydroxyl groups is 1. The monoisotopic (exact) mass is 1060 g/mol. The van der Waals surface area contributed by atoms with Crippen molar-refractivity contribution in [2.75, 3.05) is 13.1 Å². The van der Waals surface area contributed by atoms with Crippen molar-refractivity contribution in [3.05, 3.63) is 71.8 Å². The van der Waals surface area contributed by atoms with E-state index in [2.05, 4.69) is 26.6 Å². The van der Waals surface area contributed by atoms with E-state index in [-0.39, 0.29) is 76.8 Å². The van der Waals surface area contributed by atoms with E-state index in [1.54, 1.807) is 88.4 Å². The van der Waals surface area contributed by atoms with Gasteiger partial charge in [0.2, 0.25) is 41.4 Å². The molecule has 416 valence electrons. The molecular formula is C54H76N8O14. The Morgan fingerprint density at radius 1 is 0.724 bits per heavy atom. The molecule has 76 heavy (non-hydrogen) atoms. The number of nitrogens with two attached hydrogens (primary N) is 1.